The van der Waals surface area contributed by atoms with Gasteiger partial charge in [0.05, 0.1) is 0 Å². The quantitative estimate of drug-likeness (QED) is 0.0262. The molecule has 0 aliphatic rings. The maximum atomic E-state index is 12.8. The fraction of sp³-hybridized carbons (Fsp3) is 0.772. The molecule has 0 aliphatic carbocycles. The molecule has 0 rings (SSSR count). The van der Waals surface area contributed by atoms with Crippen molar-refractivity contribution < 1.29 is 28.6 Å². The van der Waals surface area contributed by atoms with Crippen LogP contribution in [0.2, 0.25) is 0 Å². The van der Waals surface area contributed by atoms with Crippen molar-refractivity contribution in [2.75, 3.05) is 13.2 Å². The highest BCUT2D eigenvalue weighted by molar-refractivity contribution is 5.71. The number of unbranched alkanes of at least 4 members (excludes halogenated alkanes) is 27. The number of carbonyl (C=O) groups excluding carboxylic acids is 3. The van der Waals surface area contributed by atoms with Gasteiger partial charge in [-0.05, 0) is 77.0 Å². The topological polar surface area (TPSA) is 78.9 Å². The van der Waals surface area contributed by atoms with Gasteiger partial charge in [0.15, 0.2) is 6.10 Å². The molecule has 0 fully saturated rings. The third-order valence-electron chi connectivity index (χ3n) is 11.5. The molecule has 0 heterocycles. The average Bonchev–Trinajstić information content (AvgIpc) is 3.28. The van der Waals surface area contributed by atoms with Crippen molar-refractivity contribution in [3.05, 3.63) is 60.8 Å². The molecular formula is C57H100O6. The summed E-state index contributed by atoms with van der Waals surface area (Å²) < 4.78 is 16.8. The monoisotopic (exact) mass is 881 g/mol. The van der Waals surface area contributed by atoms with Crippen LogP contribution in [-0.2, 0) is 28.6 Å². The molecule has 0 saturated heterocycles. The van der Waals surface area contributed by atoms with Crippen LogP contribution in [0.15, 0.2) is 60.8 Å². The molecule has 364 valence electrons. The van der Waals surface area contributed by atoms with Crippen molar-refractivity contribution in [1.29, 1.82) is 0 Å². The van der Waals surface area contributed by atoms with Crippen LogP contribution in [0.4, 0.5) is 0 Å². The van der Waals surface area contributed by atoms with Gasteiger partial charge in [-0.2, -0.15) is 0 Å². The number of carbonyl (C=O) groups is 3. The van der Waals surface area contributed by atoms with Gasteiger partial charge in [0.1, 0.15) is 13.2 Å². The van der Waals surface area contributed by atoms with Crippen LogP contribution < -0.4 is 0 Å². The standard InChI is InChI=1S/C57H100O6/c1-4-7-10-13-16-19-22-24-26-27-28-29-31-32-35-38-41-44-47-50-56(59)62-53-54(52-61-55(58)49-46-43-40-37-34-21-18-15-12-9-6-3)63-57(60)51-48-45-42-39-36-33-30-25-23-20-17-14-11-8-5-2/h8,11,15,17-18,20,25,30,36,39,54H,4-7,9-10,12-14,16,19,21-24,26-29,31-35,37-38,40-53H2,1-3H3/b11-8-,18-15-,20-17-,30-25-,39-36-. The molecule has 0 aromatic carbocycles. The van der Waals surface area contributed by atoms with Gasteiger partial charge >= 0.3 is 17.9 Å². The summed E-state index contributed by atoms with van der Waals surface area (Å²) in [6.45, 7) is 6.46. The highest BCUT2D eigenvalue weighted by Gasteiger charge is 2.19. The minimum atomic E-state index is -0.796. The summed E-state index contributed by atoms with van der Waals surface area (Å²) in [4.78, 5) is 38.0. The summed E-state index contributed by atoms with van der Waals surface area (Å²) in [6, 6.07) is 0. The second-order valence-electron chi connectivity index (χ2n) is 17.8. The normalized spacial score (nSPS) is 12.5. The predicted molar refractivity (Wildman–Crippen MR) is 270 cm³/mol. The SMILES string of the molecule is CC/C=C\C/C=C\C/C=C\C/C=C\CCCCC(=O)OC(COC(=O)CCCCCCC/C=C\CCCC)COC(=O)CCCCCCCCCCCCCCCCCCCCC. The molecule has 1 unspecified atom stereocenters. The molecule has 6 heteroatoms. The molecule has 63 heavy (non-hydrogen) atoms. The molecular weight excluding hydrogens is 781 g/mol. The first kappa shape index (κ1) is 60.1. The smallest absolute Gasteiger partial charge is 0.306 e. The Labute approximate surface area is 390 Å². The molecule has 0 aromatic rings. The van der Waals surface area contributed by atoms with Crippen molar-refractivity contribution in [1.82, 2.24) is 0 Å². The maximum absolute atomic E-state index is 12.8. The van der Waals surface area contributed by atoms with E-state index in [0.717, 1.165) is 83.5 Å². The minimum absolute atomic E-state index is 0.0914. The Balaban J connectivity index is 4.36. The summed E-state index contributed by atoms with van der Waals surface area (Å²) in [5.74, 6) is -0.937. The molecule has 0 aromatic heterocycles. The van der Waals surface area contributed by atoms with Gasteiger partial charge in [0, 0.05) is 19.3 Å². The van der Waals surface area contributed by atoms with Crippen molar-refractivity contribution in [3.8, 4) is 0 Å². The largest absolute Gasteiger partial charge is 0.462 e. The first-order chi connectivity index (χ1) is 31.0. The van der Waals surface area contributed by atoms with E-state index in [0.29, 0.717) is 19.3 Å². The summed E-state index contributed by atoms with van der Waals surface area (Å²) >= 11 is 0. The van der Waals surface area contributed by atoms with E-state index in [1.807, 2.05) is 0 Å². The molecule has 0 spiro atoms. The number of hydrogen-bond donors (Lipinski definition) is 0. The Bertz CT molecular complexity index is 1150. The van der Waals surface area contributed by atoms with Crippen molar-refractivity contribution in [3.63, 3.8) is 0 Å². The lowest BCUT2D eigenvalue weighted by Gasteiger charge is -2.18. The molecule has 0 bridgehead atoms. The minimum Gasteiger partial charge on any atom is -0.462 e. The van der Waals surface area contributed by atoms with Gasteiger partial charge in [0.2, 0.25) is 0 Å². The summed E-state index contributed by atoms with van der Waals surface area (Å²) in [7, 11) is 0. The Morgan fingerprint density at radius 2 is 0.635 bits per heavy atom. The van der Waals surface area contributed by atoms with Crippen molar-refractivity contribution in [2.45, 2.75) is 271 Å². The highest BCUT2D eigenvalue weighted by atomic mass is 16.6. The predicted octanol–water partition coefficient (Wildman–Crippen LogP) is 17.6. The molecule has 6 nitrogen and oxygen atoms in total. The maximum Gasteiger partial charge on any atom is 0.306 e. The third-order valence-corrected chi connectivity index (χ3v) is 11.5. The molecule has 0 saturated carbocycles. The second-order valence-corrected chi connectivity index (χ2v) is 17.8. The fourth-order valence-electron chi connectivity index (χ4n) is 7.47. The van der Waals surface area contributed by atoms with E-state index in [1.165, 1.54) is 135 Å². The van der Waals surface area contributed by atoms with Crippen molar-refractivity contribution >= 4 is 17.9 Å². The molecule has 1 atom stereocenters. The summed E-state index contributed by atoms with van der Waals surface area (Å²) in [6.07, 6.45) is 63.6. The van der Waals surface area contributed by atoms with Crippen LogP contribution in [0.1, 0.15) is 265 Å². The van der Waals surface area contributed by atoms with E-state index in [9.17, 15) is 14.4 Å². The molecule has 0 aliphatic heterocycles. The Kier molecular flexibility index (Phi) is 49.4. The highest BCUT2D eigenvalue weighted by Crippen LogP contribution is 2.16. The van der Waals surface area contributed by atoms with E-state index < -0.39 is 6.10 Å². The lowest BCUT2D eigenvalue weighted by Crippen LogP contribution is -2.30. The van der Waals surface area contributed by atoms with Crippen LogP contribution >= 0.6 is 0 Å². The number of esters is 3. The van der Waals surface area contributed by atoms with Gasteiger partial charge in [-0.25, -0.2) is 0 Å². The average molecular weight is 881 g/mol. The van der Waals surface area contributed by atoms with E-state index in [1.54, 1.807) is 0 Å². The molecule has 0 amide bonds. The Morgan fingerprint density at radius 1 is 0.333 bits per heavy atom. The Hall–Kier alpha value is -2.89. The third kappa shape index (κ3) is 50.0. The van der Waals surface area contributed by atoms with Gasteiger partial charge in [0.25, 0.3) is 0 Å². The van der Waals surface area contributed by atoms with Gasteiger partial charge in [-0.3, -0.25) is 14.4 Å². The lowest BCUT2D eigenvalue weighted by molar-refractivity contribution is -0.167. The zero-order valence-electron chi connectivity index (χ0n) is 41.6. The first-order valence-electron chi connectivity index (χ1n) is 26.8. The van der Waals surface area contributed by atoms with Gasteiger partial charge in [-0.1, -0.05) is 229 Å². The zero-order valence-corrected chi connectivity index (χ0v) is 41.6. The van der Waals surface area contributed by atoms with Crippen LogP contribution in [0.5, 0.6) is 0 Å². The van der Waals surface area contributed by atoms with Crippen LogP contribution in [-0.4, -0.2) is 37.2 Å². The first-order valence-corrected chi connectivity index (χ1v) is 26.8. The van der Waals surface area contributed by atoms with Crippen LogP contribution in [0.25, 0.3) is 0 Å². The van der Waals surface area contributed by atoms with E-state index in [2.05, 4.69) is 81.5 Å². The lowest BCUT2D eigenvalue weighted by atomic mass is 10.0. The van der Waals surface area contributed by atoms with Crippen LogP contribution in [0, 0.1) is 0 Å². The van der Waals surface area contributed by atoms with E-state index >= 15 is 0 Å². The van der Waals surface area contributed by atoms with Crippen molar-refractivity contribution in [2.24, 2.45) is 0 Å². The van der Waals surface area contributed by atoms with E-state index in [4.69, 9.17) is 14.2 Å². The fourth-order valence-corrected chi connectivity index (χ4v) is 7.47. The van der Waals surface area contributed by atoms with Crippen LogP contribution in [0.3, 0.4) is 0 Å². The zero-order chi connectivity index (χ0) is 45.8. The Morgan fingerprint density at radius 3 is 1.06 bits per heavy atom. The number of rotatable bonds is 48. The number of ether oxygens (including phenoxy) is 3. The summed E-state index contributed by atoms with van der Waals surface area (Å²) in [5, 5.41) is 0. The number of hydrogen-bond acceptors (Lipinski definition) is 6. The van der Waals surface area contributed by atoms with E-state index in [-0.39, 0.29) is 37.5 Å². The number of allylic oxidation sites excluding steroid dienone is 10. The summed E-state index contributed by atoms with van der Waals surface area (Å²) in [5.41, 5.74) is 0. The molecule has 0 N–H and O–H groups in total. The second kappa shape index (κ2) is 51.7. The molecule has 0 radical (unpaired) electrons. The van der Waals surface area contributed by atoms with Gasteiger partial charge < -0.3 is 14.2 Å². The van der Waals surface area contributed by atoms with Gasteiger partial charge in [-0.15, -0.1) is 0 Å².